The molecular formula is C26H46O. The lowest BCUT2D eigenvalue weighted by Gasteiger charge is -2.50. The van der Waals surface area contributed by atoms with Crippen molar-refractivity contribution in [3.8, 4) is 0 Å². The third kappa shape index (κ3) is 5.52. The van der Waals surface area contributed by atoms with E-state index in [0.717, 1.165) is 11.8 Å². The Morgan fingerprint density at radius 3 is 1.15 bits per heavy atom. The highest BCUT2D eigenvalue weighted by molar-refractivity contribution is 4.95. The van der Waals surface area contributed by atoms with Gasteiger partial charge in [-0.25, -0.2) is 0 Å². The van der Waals surface area contributed by atoms with Crippen LogP contribution in [0, 0.1) is 11.8 Å². The molecule has 0 aliphatic heterocycles. The summed E-state index contributed by atoms with van der Waals surface area (Å²) in [6, 6.07) is 0. The molecule has 1 heteroatoms. The molecule has 0 N–H and O–H groups in total. The van der Waals surface area contributed by atoms with Crippen LogP contribution in [0.15, 0.2) is 0 Å². The van der Waals surface area contributed by atoms with Crippen molar-refractivity contribution in [2.24, 2.45) is 11.8 Å². The highest BCUT2D eigenvalue weighted by Gasteiger charge is 2.45. The first kappa shape index (κ1) is 20.2. The zero-order valence-electron chi connectivity index (χ0n) is 18.1. The molecular weight excluding hydrogens is 328 g/mol. The molecule has 0 heterocycles. The maximum atomic E-state index is 7.51. The molecule has 0 amide bonds. The Labute approximate surface area is 169 Å². The first-order chi connectivity index (χ1) is 13.3. The molecule has 0 aromatic rings. The third-order valence-electron chi connectivity index (χ3n) is 8.73. The summed E-state index contributed by atoms with van der Waals surface area (Å²) in [5.41, 5.74) is 0.512. The van der Waals surface area contributed by atoms with Crippen molar-refractivity contribution in [2.75, 3.05) is 0 Å². The van der Waals surface area contributed by atoms with Gasteiger partial charge in [0.1, 0.15) is 0 Å². The maximum Gasteiger partial charge on any atom is 0.0692 e. The normalized spacial score (nSPS) is 30.2. The average Bonchev–Trinajstić information content (AvgIpc) is 2.70. The Kier molecular flexibility index (Phi) is 7.23. The van der Waals surface area contributed by atoms with E-state index in [1.807, 2.05) is 0 Å². The van der Waals surface area contributed by atoms with E-state index < -0.39 is 0 Å². The molecule has 4 saturated carbocycles. The summed E-state index contributed by atoms with van der Waals surface area (Å²) in [4.78, 5) is 0. The van der Waals surface area contributed by atoms with Crippen LogP contribution in [0.25, 0.3) is 0 Å². The van der Waals surface area contributed by atoms with E-state index in [1.54, 1.807) is 0 Å². The van der Waals surface area contributed by atoms with E-state index in [0.29, 0.717) is 0 Å². The number of hydrogen-bond donors (Lipinski definition) is 0. The largest absolute Gasteiger partial charge is 0.369 e. The highest BCUT2D eigenvalue weighted by atomic mass is 16.5. The van der Waals surface area contributed by atoms with Gasteiger partial charge < -0.3 is 4.74 Å². The third-order valence-corrected chi connectivity index (χ3v) is 8.73. The van der Waals surface area contributed by atoms with Crippen molar-refractivity contribution in [2.45, 2.75) is 152 Å². The predicted octanol–water partition coefficient (Wildman–Crippen LogP) is 8.35. The second-order valence-corrected chi connectivity index (χ2v) is 11.0. The van der Waals surface area contributed by atoms with Gasteiger partial charge in [0.25, 0.3) is 0 Å². The fourth-order valence-electron chi connectivity index (χ4n) is 7.38. The zero-order chi connectivity index (χ0) is 18.4. The van der Waals surface area contributed by atoms with Gasteiger partial charge in [0, 0.05) is 0 Å². The summed E-state index contributed by atoms with van der Waals surface area (Å²) in [7, 11) is 0. The lowest BCUT2D eigenvalue weighted by Crippen LogP contribution is -2.49. The SMILES string of the molecule is C1CCC(CC2(OC3(CC4CCCCC4)CCCCC3)CCCCC2)CC1. The number of hydrogen-bond acceptors (Lipinski definition) is 1. The Morgan fingerprint density at radius 1 is 0.444 bits per heavy atom. The summed E-state index contributed by atoms with van der Waals surface area (Å²) in [5, 5.41) is 0. The molecule has 0 atom stereocenters. The molecule has 4 rings (SSSR count). The van der Waals surface area contributed by atoms with Gasteiger partial charge >= 0.3 is 0 Å². The first-order valence-electron chi connectivity index (χ1n) is 13.0. The minimum absolute atomic E-state index is 0.256. The smallest absolute Gasteiger partial charge is 0.0692 e. The van der Waals surface area contributed by atoms with Crippen LogP contribution in [0.4, 0.5) is 0 Å². The van der Waals surface area contributed by atoms with Crippen molar-refractivity contribution in [3.63, 3.8) is 0 Å². The van der Waals surface area contributed by atoms with Crippen molar-refractivity contribution in [1.82, 2.24) is 0 Å². The Bertz CT molecular complexity index is 377. The molecule has 0 aromatic heterocycles. The molecule has 0 bridgehead atoms. The van der Waals surface area contributed by atoms with Gasteiger partial charge in [-0.2, -0.15) is 0 Å². The highest BCUT2D eigenvalue weighted by Crippen LogP contribution is 2.48. The van der Waals surface area contributed by atoms with Gasteiger partial charge in [-0.05, 0) is 50.4 Å². The standard InChI is InChI=1S/C26H46O/c1-5-13-23(14-6-1)21-25(17-9-3-10-18-25)27-26(19-11-4-12-20-26)22-24-15-7-2-8-16-24/h23-24H,1-22H2. The predicted molar refractivity (Wildman–Crippen MR) is 115 cm³/mol. The van der Waals surface area contributed by atoms with E-state index >= 15 is 0 Å². The monoisotopic (exact) mass is 374 g/mol. The number of ether oxygens (including phenoxy) is 1. The summed E-state index contributed by atoms with van der Waals surface area (Å²) >= 11 is 0. The quantitative estimate of drug-likeness (QED) is 0.454. The zero-order valence-corrected chi connectivity index (χ0v) is 18.1. The summed E-state index contributed by atoms with van der Waals surface area (Å²) in [6.45, 7) is 0. The number of rotatable bonds is 6. The molecule has 0 radical (unpaired) electrons. The Hall–Kier alpha value is -0.0400. The first-order valence-corrected chi connectivity index (χ1v) is 13.0. The van der Waals surface area contributed by atoms with Crippen LogP contribution in [-0.4, -0.2) is 11.2 Å². The fraction of sp³-hybridized carbons (Fsp3) is 1.00. The van der Waals surface area contributed by atoms with Gasteiger partial charge in [-0.15, -0.1) is 0 Å². The van der Waals surface area contributed by atoms with Crippen LogP contribution in [0.5, 0.6) is 0 Å². The van der Waals surface area contributed by atoms with Gasteiger partial charge in [-0.3, -0.25) is 0 Å². The van der Waals surface area contributed by atoms with Gasteiger partial charge in [0.15, 0.2) is 0 Å². The Balaban J connectivity index is 1.48. The summed E-state index contributed by atoms with van der Waals surface area (Å²) in [5.74, 6) is 1.93. The van der Waals surface area contributed by atoms with E-state index in [-0.39, 0.29) is 11.2 Å². The van der Waals surface area contributed by atoms with Crippen LogP contribution in [0.1, 0.15) is 141 Å². The average molecular weight is 375 g/mol. The van der Waals surface area contributed by atoms with E-state index in [9.17, 15) is 0 Å². The topological polar surface area (TPSA) is 9.23 Å². The van der Waals surface area contributed by atoms with Crippen LogP contribution >= 0.6 is 0 Å². The van der Waals surface area contributed by atoms with Crippen molar-refractivity contribution in [1.29, 1.82) is 0 Å². The summed E-state index contributed by atoms with van der Waals surface area (Å²) in [6.07, 6.45) is 31.7. The Morgan fingerprint density at radius 2 is 0.778 bits per heavy atom. The minimum Gasteiger partial charge on any atom is -0.369 e. The van der Waals surface area contributed by atoms with Gasteiger partial charge in [-0.1, -0.05) is 103 Å². The van der Waals surface area contributed by atoms with Gasteiger partial charge in [0.05, 0.1) is 11.2 Å². The van der Waals surface area contributed by atoms with Crippen LogP contribution in [0.2, 0.25) is 0 Å². The fourth-order valence-corrected chi connectivity index (χ4v) is 7.38. The molecule has 4 aliphatic rings. The van der Waals surface area contributed by atoms with Crippen molar-refractivity contribution >= 4 is 0 Å². The van der Waals surface area contributed by atoms with Crippen LogP contribution in [0.3, 0.4) is 0 Å². The van der Waals surface area contributed by atoms with E-state index in [4.69, 9.17) is 4.74 Å². The molecule has 0 saturated heterocycles. The maximum absolute atomic E-state index is 7.51. The van der Waals surface area contributed by atoms with Crippen molar-refractivity contribution < 1.29 is 4.74 Å². The molecule has 0 aromatic carbocycles. The molecule has 0 spiro atoms. The molecule has 1 nitrogen and oxygen atoms in total. The minimum atomic E-state index is 0.256. The molecule has 4 fully saturated rings. The van der Waals surface area contributed by atoms with Crippen molar-refractivity contribution in [3.05, 3.63) is 0 Å². The molecule has 4 aliphatic carbocycles. The molecule has 0 unspecified atom stereocenters. The van der Waals surface area contributed by atoms with Crippen LogP contribution in [-0.2, 0) is 4.74 Å². The second-order valence-electron chi connectivity index (χ2n) is 11.0. The molecule has 27 heavy (non-hydrogen) atoms. The lowest BCUT2D eigenvalue weighted by atomic mass is 9.71. The van der Waals surface area contributed by atoms with Gasteiger partial charge in [0.2, 0.25) is 0 Å². The lowest BCUT2D eigenvalue weighted by molar-refractivity contribution is -0.201. The second kappa shape index (κ2) is 9.64. The van der Waals surface area contributed by atoms with E-state index in [2.05, 4.69) is 0 Å². The summed E-state index contributed by atoms with van der Waals surface area (Å²) < 4.78 is 7.51. The van der Waals surface area contributed by atoms with E-state index in [1.165, 1.54) is 141 Å². The molecule has 156 valence electrons. The van der Waals surface area contributed by atoms with Crippen LogP contribution < -0.4 is 0 Å².